The molecule has 0 fully saturated rings. The number of ether oxygens (including phenoxy) is 2. The monoisotopic (exact) mass is 385 g/mol. The van der Waals surface area contributed by atoms with Crippen molar-refractivity contribution in [2.24, 2.45) is 10.2 Å². The van der Waals surface area contributed by atoms with Crippen LogP contribution in [0.5, 0.6) is 11.5 Å². The van der Waals surface area contributed by atoms with E-state index in [9.17, 15) is 4.79 Å². The Morgan fingerprint density at radius 1 is 1.22 bits per heavy atom. The van der Waals surface area contributed by atoms with E-state index in [1.54, 1.807) is 17.0 Å². The summed E-state index contributed by atoms with van der Waals surface area (Å²) < 4.78 is 10.8. The number of hydrogen-bond acceptors (Lipinski definition) is 5. The average molecular weight is 386 g/mol. The molecule has 6 nitrogen and oxygen atoms in total. The first-order chi connectivity index (χ1) is 13.1. The fourth-order valence-electron chi connectivity index (χ4n) is 2.95. The van der Waals surface area contributed by atoms with Crippen LogP contribution in [-0.2, 0) is 4.79 Å². The smallest absolute Gasteiger partial charge is 0.279 e. The topological polar surface area (TPSA) is 63.5 Å². The highest BCUT2D eigenvalue weighted by Crippen LogP contribution is 2.36. The minimum atomic E-state index is -0.154. The van der Waals surface area contributed by atoms with Gasteiger partial charge in [0.25, 0.3) is 5.91 Å². The first-order valence-corrected chi connectivity index (χ1v) is 9.01. The molecular weight excluding hydrogens is 366 g/mol. The van der Waals surface area contributed by atoms with Gasteiger partial charge in [0, 0.05) is 17.7 Å². The average Bonchev–Trinajstić information content (AvgIpc) is 2.93. The number of anilines is 1. The summed E-state index contributed by atoms with van der Waals surface area (Å²) in [4.78, 5) is 14.3. The fraction of sp³-hybridized carbons (Fsp3) is 0.250. The third-order valence-corrected chi connectivity index (χ3v) is 4.40. The third-order valence-electron chi connectivity index (χ3n) is 4.11. The van der Waals surface area contributed by atoms with Gasteiger partial charge in [-0.2, -0.15) is 5.10 Å². The summed E-state index contributed by atoms with van der Waals surface area (Å²) in [7, 11) is 1.53. The predicted octanol–water partition coefficient (Wildman–Crippen LogP) is 3.94. The van der Waals surface area contributed by atoms with Gasteiger partial charge in [-0.1, -0.05) is 29.8 Å². The summed E-state index contributed by atoms with van der Waals surface area (Å²) in [6.45, 7) is 4.86. The predicted molar refractivity (Wildman–Crippen MR) is 108 cm³/mol. The van der Waals surface area contributed by atoms with Crippen LogP contribution in [0.2, 0.25) is 5.02 Å². The summed E-state index contributed by atoms with van der Waals surface area (Å²) in [5.74, 6) is 0.847. The van der Waals surface area contributed by atoms with Crippen molar-refractivity contribution in [2.75, 3.05) is 25.2 Å². The van der Waals surface area contributed by atoms with Crippen LogP contribution in [0.1, 0.15) is 25.0 Å². The number of likely N-dealkylation sites (N-methyl/N-ethyl adjacent to an activating group) is 1. The van der Waals surface area contributed by atoms with Gasteiger partial charge in [0.1, 0.15) is 0 Å². The lowest BCUT2D eigenvalue weighted by molar-refractivity contribution is -0.112. The highest BCUT2D eigenvalue weighted by Gasteiger charge is 2.32. The van der Waals surface area contributed by atoms with Gasteiger partial charge in [-0.25, -0.2) is 0 Å². The Labute approximate surface area is 163 Å². The molecule has 0 N–H and O–H groups in total. The molecule has 1 heterocycles. The van der Waals surface area contributed by atoms with Gasteiger partial charge in [-0.15, -0.1) is 5.10 Å². The minimum absolute atomic E-state index is 0.154. The SMILES string of the molecule is CCOc1cc(/C=N\N=C2/C(=O)N(CC)c3ccccc32)cc(Cl)c1OC. The number of hydrogen-bond donors (Lipinski definition) is 0. The number of amides is 1. The Hall–Kier alpha value is -2.86. The summed E-state index contributed by atoms with van der Waals surface area (Å²) in [5.41, 5.74) is 2.65. The molecule has 0 saturated carbocycles. The molecule has 0 aromatic heterocycles. The standard InChI is InChI=1S/C20H20ClN3O3/c1-4-24-16-9-7-6-8-14(16)18(20(24)25)23-22-12-13-10-15(21)19(26-3)17(11-13)27-5-2/h6-12H,4-5H2,1-3H3/b22-12-,23-18-. The molecule has 2 aromatic carbocycles. The lowest BCUT2D eigenvalue weighted by Crippen LogP contribution is -2.29. The Morgan fingerprint density at radius 3 is 2.70 bits per heavy atom. The molecule has 1 amide bonds. The zero-order chi connectivity index (χ0) is 19.4. The summed E-state index contributed by atoms with van der Waals surface area (Å²) >= 11 is 6.24. The second-order valence-corrected chi connectivity index (χ2v) is 6.13. The van der Waals surface area contributed by atoms with Crippen LogP contribution in [0, 0.1) is 0 Å². The molecule has 0 saturated heterocycles. The maximum Gasteiger partial charge on any atom is 0.279 e. The Balaban J connectivity index is 1.92. The van der Waals surface area contributed by atoms with Crippen LogP contribution in [0.3, 0.4) is 0 Å². The molecule has 0 bridgehead atoms. The van der Waals surface area contributed by atoms with Gasteiger partial charge < -0.3 is 14.4 Å². The molecule has 0 radical (unpaired) electrons. The number of halogens is 1. The van der Waals surface area contributed by atoms with E-state index in [0.717, 1.165) is 11.3 Å². The van der Waals surface area contributed by atoms with Crippen molar-refractivity contribution in [3.05, 3.63) is 52.5 Å². The normalized spacial score (nSPS) is 14.9. The molecule has 140 valence electrons. The van der Waals surface area contributed by atoms with E-state index in [2.05, 4.69) is 10.2 Å². The molecule has 0 atom stereocenters. The van der Waals surface area contributed by atoms with Crippen molar-refractivity contribution in [2.45, 2.75) is 13.8 Å². The highest BCUT2D eigenvalue weighted by atomic mass is 35.5. The van der Waals surface area contributed by atoms with Gasteiger partial charge in [-0.05, 0) is 32.0 Å². The van der Waals surface area contributed by atoms with E-state index in [4.69, 9.17) is 21.1 Å². The van der Waals surface area contributed by atoms with Crippen molar-refractivity contribution >= 4 is 35.1 Å². The molecule has 0 spiro atoms. The fourth-order valence-corrected chi connectivity index (χ4v) is 3.25. The zero-order valence-corrected chi connectivity index (χ0v) is 16.2. The number of carbonyl (C=O) groups is 1. The van der Waals surface area contributed by atoms with Crippen molar-refractivity contribution in [3.63, 3.8) is 0 Å². The van der Waals surface area contributed by atoms with Crippen LogP contribution < -0.4 is 14.4 Å². The molecule has 2 aromatic rings. The lowest BCUT2D eigenvalue weighted by Gasteiger charge is -2.12. The number of carbonyl (C=O) groups excluding carboxylic acids is 1. The molecule has 0 aliphatic carbocycles. The highest BCUT2D eigenvalue weighted by molar-refractivity contribution is 6.54. The van der Waals surface area contributed by atoms with Crippen LogP contribution in [0.25, 0.3) is 0 Å². The molecule has 27 heavy (non-hydrogen) atoms. The Bertz CT molecular complexity index is 925. The van der Waals surface area contributed by atoms with E-state index in [1.165, 1.54) is 13.3 Å². The first kappa shape index (κ1) is 18.9. The maximum atomic E-state index is 12.6. The number of para-hydroxylation sites is 1. The van der Waals surface area contributed by atoms with Crippen molar-refractivity contribution in [1.29, 1.82) is 0 Å². The van der Waals surface area contributed by atoms with E-state index >= 15 is 0 Å². The molecular formula is C20H20ClN3O3. The van der Waals surface area contributed by atoms with E-state index < -0.39 is 0 Å². The van der Waals surface area contributed by atoms with Crippen molar-refractivity contribution in [3.8, 4) is 11.5 Å². The second-order valence-electron chi connectivity index (χ2n) is 5.73. The Kier molecular flexibility index (Phi) is 5.76. The van der Waals surface area contributed by atoms with E-state index in [1.807, 2.05) is 38.1 Å². The van der Waals surface area contributed by atoms with Gasteiger partial charge in [-0.3, -0.25) is 4.79 Å². The van der Waals surface area contributed by atoms with Crippen LogP contribution in [-0.4, -0.2) is 38.1 Å². The van der Waals surface area contributed by atoms with Crippen LogP contribution in [0.4, 0.5) is 5.69 Å². The third kappa shape index (κ3) is 3.66. The lowest BCUT2D eigenvalue weighted by atomic mass is 10.1. The van der Waals surface area contributed by atoms with Gasteiger partial charge in [0.2, 0.25) is 0 Å². The molecule has 1 aliphatic rings. The number of benzene rings is 2. The van der Waals surface area contributed by atoms with Crippen molar-refractivity contribution < 1.29 is 14.3 Å². The van der Waals surface area contributed by atoms with Crippen molar-refractivity contribution in [1.82, 2.24) is 0 Å². The maximum absolute atomic E-state index is 12.6. The molecule has 7 heteroatoms. The summed E-state index contributed by atoms with van der Waals surface area (Å²) in [6.07, 6.45) is 1.53. The van der Waals surface area contributed by atoms with Crippen LogP contribution in [0.15, 0.2) is 46.6 Å². The first-order valence-electron chi connectivity index (χ1n) is 8.63. The molecule has 0 unspecified atom stereocenters. The zero-order valence-electron chi connectivity index (χ0n) is 15.4. The number of methoxy groups -OCH3 is 1. The second kappa shape index (κ2) is 8.22. The molecule has 1 aliphatic heterocycles. The largest absolute Gasteiger partial charge is 0.491 e. The Morgan fingerprint density at radius 2 is 2.00 bits per heavy atom. The summed E-state index contributed by atoms with van der Waals surface area (Å²) in [5, 5.41) is 8.68. The van der Waals surface area contributed by atoms with Crippen LogP contribution >= 0.6 is 11.6 Å². The van der Waals surface area contributed by atoms with E-state index in [0.29, 0.717) is 40.9 Å². The summed E-state index contributed by atoms with van der Waals surface area (Å²) in [6, 6.07) is 11.0. The van der Waals surface area contributed by atoms with Gasteiger partial charge in [0.05, 0.1) is 30.6 Å². The van der Waals surface area contributed by atoms with Gasteiger partial charge >= 0.3 is 0 Å². The number of rotatable bonds is 6. The quantitative estimate of drug-likeness (QED) is 0.559. The number of nitrogens with zero attached hydrogens (tertiary/aromatic N) is 3. The minimum Gasteiger partial charge on any atom is -0.491 e. The molecule has 3 rings (SSSR count). The number of fused-ring (bicyclic) bond motifs is 1. The van der Waals surface area contributed by atoms with Gasteiger partial charge in [0.15, 0.2) is 17.2 Å². The van der Waals surface area contributed by atoms with E-state index in [-0.39, 0.29) is 5.91 Å².